The molecule has 0 saturated heterocycles. The smallest absolute Gasteiger partial charge is 0.249 e. The maximum absolute atomic E-state index is 11.0. The molecule has 0 radical (unpaired) electrons. The van der Waals surface area contributed by atoms with Crippen molar-refractivity contribution in [3.63, 3.8) is 0 Å². The van der Waals surface area contributed by atoms with Crippen molar-refractivity contribution in [2.45, 2.75) is 116 Å². The first-order valence-electron chi connectivity index (χ1n) is 9.53. The minimum atomic E-state index is -1.32. The first-order valence-corrected chi connectivity index (χ1v) is 9.53. The zero-order valence-corrected chi connectivity index (χ0v) is 15.0. The molecule has 132 valence electrons. The van der Waals surface area contributed by atoms with Gasteiger partial charge in [-0.05, 0) is 13.3 Å². The number of carbonyl (C=O) groups excluding carboxylic acids is 1. The third-order valence-corrected chi connectivity index (χ3v) is 4.55. The minimum Gasteiger partial charge on any atom is -0.380 e. The van der Waals surface area contributed by atoms with E-state index < -0.39 is 11.5 Å². The van der Waals surface area contributed by atoms with Gasteiger partial charge < -0.3 is 10.8 Å². The number of primary amides is 1. The quantitative estimate of drug-likeness (QED) is 0.390. The van der Waals surface area contributed by atoms with Crippen molar-refractivity contribution in [3.05, 3.63) is 0 Å². The Morgan fingerprint density at radius 2 is 1.09 bits per heavy atom. The van der Waals surface area contributed by atoms with Crippen LogP contribution in [0, 0.1) is 0 Å². The highest BCUT2D eigenvalue weighted by Crippen LogP contribution is 2.16. The van der Waals surface area contributed by atoms with Crippen LogP contribution in [-0.2, 0) is 4.79 Å². The van der Waals surface area contributed by atoms with Gasteiger partial charge in [0.05, 0.1) is 0 Å². The van der Waals surface area contributed by atoms with E-state index in [1.165, 1.54) is 84.0 Å². The van der Waals surface area contributed by atoms with Crippen LogP contribution in [0.2, 0.25) is 0 Å². The van der Waals surface area contributed by atoms with E-state index in [0.29, 0.717) is 6.42 Å². The number of carbonyl (C=O) groups is 1. The van der Waals surface area contributed by atoms with Crippen LogP contribution >= 0.6 is 0 Å². The Morgan fingerprint density at radius 1 is 0.773 bits per heavy atom. The average Bonchev–Trinajstić information content (AvgIpc) is 2.47. The third kappa shape index (κ3) is 13.1. The van der Waals surface area contributed by atoms with E-state index in [1.54, 1.807) is 0 Å². The summed E-state index contributed by atoms with van der Waals surface area (Å²) in [6.45, 7) is 3.78. The molecule has 0 bridgehead atoms. The monoisotopic (exact) mass is 313 g/mol. The summed E-state index contributed by atoms with van der Waals surface area (Å²) in [5, 5.41) is 9.71. The van der Waals surface area contributed by atoms with E-state index in [2.05, 4.69) is 6.92 Å². The zero-order valence-electron chi connectivity index (χ0n) is 15.0. The Labute approximate surface area is 138 Å². The van der Waals surface area contributed by atoms with Gasteiger partial charge in [0.15, 0.2) is 0 Å². The molecule has 0 aromatic rings. The van der Waals surface area contributed by atoms with Crippen molar-refractivity contribution in [3.8, 4) is 0 Å². The highest BCUT2D eigenvalue weighted by Gasteiger charge is 2.26. The summed E-state index contributed by atoms with van der Waals surface area (Å²) in [5.74, 6) is -0.609. The topological polar surface area (TPSA) is 63.3 Å². The predicted molar refractivity (Wildman–Crippen MR) is 94.7 cm³/mol. The fourth-order valence-corrected chi connectivity index (χ4v) is 2.79. The number of hydrogen-bond acceptors (Lipinski definition) is 2. The van der Waals surface area contributed by atoms with Crippen LogP contribution in [0.4, 0.5) is 0 Å². The highest BCUT2D eigenvalue weighted by atomic mass is 16.3. The summed E-state index contributed by atoms with van der Waals surface area (Å²) < 4.78 is 0. The molecule has 1 atom stereocenters. The molecule has 0 aliphatic rings. The summed E-state index contributed by atoms with van der Waals surface area (Å²) in [7, 11) is 0. The fourth-order valence-electron chi connectivity index (χ4n) is 2.79. The van der Waals surface area contributed by atoms with Gasteiger partial charge >= 0.3 is 0 Å². The van der Waals surface area contributed by atoms with Crippen LogP contribution in [0.25, 0.3) is 0 Å². The standard InChI is InChI=1S/C19H39NO2/c1-3-4-5-6-7-8-9-10-11-12-13-14-15-16-17-19(2,22)18(20)21/h22H,3-17H2,1-2H3,(H2,20,21). The van der Waals surface area contributed by atoms with Gasteiger partial charge in [-0.25, -0.2) is 0 Å². The molecule has 3 nitrogen and oxygen atoms in total. The zero-order chi connectivity index (χ0) is 16.7. The molecule has 0 aromatic carbocycles. The first-order chi connectivity index (χ1) is 10.5. The number of nitrogens with two attached hydrogens (primary N) is 1. The van der Waals surface area contributed by atoms with Gasteiger partial charge in [0, 0.05) is 0 Å². The SMILES string of the molecule is CCCCCCCCCCCCCCCCC(C)(O)C(N)=O. The third-order valence-electron chi connectivity index (χ3n) is 4.55. The number of rotatable bonds is 16. The molecule has 22 heavy (non-hydrogen) atoms. The van der Waals surface area contributed by atoms with Crippen molar-refractivity contribution in [1.29, 1.82) is 0 Å². The van der Waals surface area contributed by atoms with E-state index in [-0.39, 0.29) is 0 Å². The molecular weight excluding hydrogens is 274 g/mol. The largest absolute Gasteiger partial charge is 0.380 e. The van der Waals surface area contributed by atoms with Gasteiger partial charge in [0.2, 0.25) is 5.91 Å². The molecule has 0 aliphatic heterocycles. The molecule has 3 heteroatoms. The number of unbranched alkanes of at least 4 members (excludes halogenated alkanes) is 13. The Bertz CT molecular complexity index is 264. The molecule has 0 rings (SSSR count). The maximum Gasteiger partial charge on any atom is 0.249 e. The molecule has 0 aliphatic carbocycles. The Morgan fingerprint density at radius 3 is 1.41 bits per heavy atom. The molecular formula is C19H39NO2. The van der Waals surface area contributed by atoms with Crippen molar-refractivity contribution in [1.82, 2.24) is 0 Å². The van der Waals surface area contributed by atoms with E-state index in [0.717, 1.165) is 12.8 Å². The second-order valence-electron chi connectivity index (χ2n) is 6.98. The van der Waals surface area contributed by atoms with Crippen LogP contribution in [0.15, 0.2) is 0 Å². The summed E-state index contributed by atoms with van der Waals surface area (Å²) in [5.41, 5.74) is 3.81. The predicted octanol–water partition coefficient (Wildman–Crippen LogP) is 5.09. The molecule has 0 fully saturated rings. The maximum atomic E-state index is 11.0. The Hall–Kier alpha value is -0.570. The van der Waals surface area contributed by atoms with Gasteiger partial charge in [-0.3, -0.25) is 4.79 Å². The molecule has 0 aromatic heterocycles. The summed E-state index contributed by atoms with van der Waals surface area (Å²) >= 11 is 0. The van der Waals surface area contributed by atoms with Crippen molar-refractivity contribution >= 4 is 5.91 Å². The van der Waals surface area contributed by atoms with Gasteiger partial charge in [-0.15, -0.1) is 0 Å². The van der Waals surface area contributed by atoms with Gasteiger partial charge in [0.25, 0.3) is 0 Å². The summed E-state index contributed by atoms with van der Waals surface area (Å²) in [4.78, 5) is 11.0. The Balaban J connectivity index is 3.16. The lowest BCUT2D eigenvalue weighted by Crippen LogP contribution is -2.40. The van der Waals surface area contributed by atoms with Crippen molar-refractivity contribution in [2.75, 3.05) is 0 Å². The van der Waals surface area contributed by atoms with E-state index in [1.807, 2.05) is 0 Å². The average molecular weight is 314 g/mol. The lowest BCUT2D eigenvalue weighted by Gasteiger charge is -2.18. The molecule has 3 N–H and O–H groups in total. The molecule has 0 spiro atoms. The summed E-state index contributed by atoms with van der Waals surface area (Å²) in [6.07, 6.45) is 18.8. The second kappa shape index (κ2) is 14.0. The molecule has 0 heterocycles. The van der Waals surface area contributed by atoms with Crippen molar-refractivity contribution in [2.24, 2.45) is 5.73 Å². The van der Waals surface area contributed by atoms with E-state index in [9.17, 15) is 9.90 Å². The molecule has 0 saturated carbocycles. The first kappa shape index (κ1) is 21.4. The van der Waals surface area contributed by atoms with E-state index in [4.69, 9.17) is 5.73 Å². The lowest BCUT2D eigenvalue weighted by molar-refractivity contribution is -0.135. The van der Waals surface area contributed by atoms with Crippen LogP contribution < -0.4 is 5.73 Å². The minimum absolute atomic E-state index is 0.486. The Kier molecular flexibility index (Phi) is 13.7. The van der Waals surface area contributed by atoms with Crippen LogP contribution in [-0.4, -0.2) is 16.6 Å². The molecule has 1 unspecified atom stereocenters. The van der Waals surface area contributed by atoms with Gasteiger partial charge in [0.1, 0.15) is 5.60 Å². The highest BCUT2D eigenvalue weighted by molar-refractivity contribution is 5.82. The normalized spacial score (nSPS) is 14.0. The number of hydrogen-bond donors (Lipinski definition) is 2. The fraction of sp³-hybridized carbons (Fsp3) is 0.947. The van der Waals surface area contributed by atoms with E-state index >= 15 is 0 Å². The lowest BCUT2D eigenvalue weighted by atomic mass is 9.97. The van der Waals surface area contributed by atoms with Gasteiger partial charge in [-0.2, -0.15) is 0 Å². The summed E-state index contributed by atoms with van der Waals surface area (Å²) in [6, 6.07) is 0. The number of aliphatic hydroxyl groups is 1. The van der Waals surface area contributed by atoms with Crippen LogP contribution in [0.3, 0.4) is 0 Å². The number of amides is 1. The van der Waals surface area contributed by atoms with Gasteiger partial charge in [-0.1, -0.05) is 96.8 Å². The van der Waals surface area contributed by atoms with Crippen molar-refractivity contribution < 1.29 is 9.90 Å². The van der Waals surface area contributed by atoms with Crippen LogP contribution in [0.1, 0.15) is 110 Å². The second-order valence-corrected chi connectivity index (χ2v) is 6.98. The van der Waals surface area contributed by atoms with Crippen LogP contribution in [0.5, 0.6) is 0 Å². The molecule has 1 amide bonds.